The summed E-state index contributed by atoms with van der Waals surface area (Å²) in [6, 6.07) is 8.74. The van der Waals surface area contributed by atoms with E-state index in [4.69, 9.17) is 4.74 Å². The maximum atomic E-state index is 12.5. The lowest BCUT2D eigenvalue weighted by Crippen LogP contribution is -2.49. The molecule has 1 aromatic carbocycles. The van der Waals surface area contributed by atoms with Crippen LogP contribution in [0.25, 0.3) is 0 Å². The molecular weight excluding hydrogens is 282 g/mol. The zero-order valence-electron chi connectivity index (χ0n) is 12.7. The summed E-state index contributed by atoms with van der Waals surface area (Å²) >= 11 is 1.95. The Hall–Kier alpha value is -1.16. The molecule has 4 heteroatoms. The molecule has 1 amide bonds. The second-order valence-electron chi connectivity index (χ2n) is 6.07. The van der Waals surface area contributed by atoms with E-state index in [9.17, 15) is 4.79 Å². The Morgan fingerprint density at radius 3 is 2.57 bits per heavy atom. The van der Waals surface area contributed by atoms with Gasteiger partial charge in [-0.2, -0.15) is 11.8 Å². The Labute approximate surface area is 131 Å². The van der Waals surface area contributed by atoms with Gasteiger partial charge < -0.3 is 9.64 Å². The minimum Gasteiger partial charge on any atom is -0.484 e. The first-order valence-corrected chi connectivity index (χ1v) is 9.00. The van der Waals surface area contributed by atoms with Crippen molar-refractivity contribution < 1.29 is 9.53 Å². The van der Waals surface area contributed by atoms with E-state index in [1.54, 1.807) is 0 Å². The van der Waals surface area contributed by atoms with Gasteiger partial charge in [-0.1, -0.05) is 18.2 Å². The Balaban J connectivity index is 1.60. The fourth-order valence-corrected chi connectivity index (χ4v) is 4.49. The van der Waals surface area contributed by atoms with Crippen molar-refractivity contribution in [3.63, 3.8) is 0 Å². The van der Waals surface area contributed by atoms with Crippen molar-refractivity contribution in [1.82, 2.24) is 4.90 Å². The summed E-state index contributed by atoms with van der Waals surface area (Å²) in [6.07, 6.45) is 6.81. The van der Waals surface area contributed by atoms with E-state index < -0.39 is 0 Å². The molecule has 21 heavy (non-hydrogen) atoms. The summed E-state index contributed by atoms with van der Waals surface area (Å²) in [5.41, 5.74) is 1.08. The highest BCUT2D eigenvalue weighted by Crippen LogP contribution is 2.39. The number of carbonyl (C=O) groups is 1. The van der Waals surface area contributed by atoms with Crippen LogP contribution < -0.4 is 4.74 Å². The predicted octanol–water partition coefficient (Wildman–Crippen LogP) is 3.26. The molecule has 2 saturated heterocycles. The molecule has 0 aliphatic carbocycles. The fourth-order valence-electron chi connectivity index (χ4n) is 3.66. The molecule has 0 radical (unpaired) electrons. The third-order valence-electron chi connectivity index (χ3n) is 4.76. The van der Waals surface area contributed by atoms with Crippen molar-refractivity contribution in [3.8, 4) is 5.75 Å². The molecule has 1 aromatic rings. The van der Waals surface area contributed by atoms with E-state index >= 15 is 0 Å². The number of benzene rings is 1. The van der Waals surface area contributed by atoms with Gasteiger partial charge in [-0.25, -0.2) is 0 Å². The maximum absolute atomic E-state index is 12.5. The summed E-state index contributed by atoms with van der Waals surface area (Å²) in [5, 5.41) is 0.726. The lowest BCUT2D eigenvalue weighted by atomic mass is 10.0. The molecule has 2 unspecified atom stereocenters. The van der Waals surface area contributed by atoms with Crippen LogP contribution in [0.4, 0.5) is 0 Å². The number of nitrogens with zero attached hydrogens (tertiary/aromatic N) is 1. The smallest absolute Gasteiger partial charge is 0.261 e. The van der Waals surface area contributed by atoms with Crippen LogP contribution in [-0.2, 0) is 4.79 Å². The van der Waals surface area contributed by atoms with Crippen LogP contribution in [0.15, 0.2) is 24.3 Å². The molecule has 3 rings (SSSR count). The largest absolute Gasteiger partial charge is 0.484 e. The number of hydrogen-bond donors (Lipinski definition) is 0. The third kappa shape index (κ3) is 3.05. The van der Waals surface area contributed by atoms with Crippen LogP contribution >= 0.6 is 11.8 Å². The Kier molecular flexibility index (Phi) is 4.43. The first kappa shape index (κ1) is 14.8. The summed E-state index contributed by atoms with van der Waals surface area (Å²) in [6.45, 7) is 2.18. The van der Waals surface area contributed by atoms with Crippen molar-refractivity contribution >= 4 is 17.7 Å². The van der Waals surface area contributed by atoms with Gasteiger partial charge in [0, 0.05) is 17.3 Å². The van der Waals surface area contributed by atoms with Gasteiger partial charge >= 0.3 is 0 Å². The number of amides is 1. The van der Waals surface area contributed by atoms with E-state index in [0.717, 1.165) is 42.2 Å². The van der Waals surface area contributed by atoms with E-state index in [1.807, 2.05) is 43.0 Å². The average Bonchev–Trinajstić information content (AvgIpc) is 2.76. The number of thioether (sulfide) groups is 1. The van der Waals surface area contributed by atoms with E-state index in [2.05, 4.69) is 11.2 Å². The molecule has 2 aliphatic heterocycles. The number of rotatable bonds is 4. The van der Waals surface area contributed by atoms with Crippen LogP contribution in [0, 0.1) is 6.92 Å². The van der Waals surface area contributed by atoms with Gasteiger partial charge in [-0.3, -0.25) is 4.79 Å². The predicted molar refractivity (Wildman–Crippen MR) is 86.9 cm³/mol. The van der Waals surface area contributed by atoms with Crippen LogP contribution in [0.3, 0.4) is 0 Å². The summed E-state index contributed by atoms with van der Waals surface area (Å²) < 4.78 is 5.73. The van der Waals surface area contributed by atoms with Crippen molar-refractivity contribution in [1.29, 1.82) is 0 Å². The number of para-hydroxylation sites is 1. The fraction of sp³-hybridized carbons (Fsp3) is 0.588. The van der Waals surface area contributed by atoms with Gasteiger partial charge in [0.2, 0.25) is 0 Å². The zero-order chi connectivity index (χ0) is 14.8. The molecule has 0 spiro atoms. The van der Waals surface area contributed by atoms with Crippen LogP contribution in [0.5, 0.6) is 5.75 Å². The second kappa shape index (κ2) is 6.30. The summed E-state index contributed by atoms with van der Waals surface area (Å²) in [4.78, 5) is 14.6. The molecule has 3 nitrogen and oxygen atoms in total. The lowest BCUT2D eigenvalue weighted by molar-refractivity contribution is -0.137. The second-order valence-corrected chi connectivity index (χ2v) is 7.21. The first-order chi connectivity index (χ1) is 10.2. The van der Waals surface area contributed by atoms with Gasteiger partial charge in [-0.05, 0) is 50.5 Å². The molecule has 2 aliphatic rings. The first-order valence-electron chi connectivity index (χ1n) is 7.71. The van der Waals surface area contributed by atoms with Crippen LogP contribution in [-0.4, -0.2) is 41.0 Å². The highest BCUT2D eigenvalue weighted by Gasteiger charge is 2.42. The number of hydrogen-bond acceptors (Lipinski definition) is 3. The molecular formula is C17H23NO2S. The average molecular weight is 305 g/mol. The number of ether oxygens (including phenoxy) is 1. The highest BCUT2D eigenvalue weighted by atomic mass is 32.2. The van der Waals surface area contributed by atoms with Crippen LogP contribution in [0.2, 0.25) is 0 Å². The molecule has 0 N–H and O–H groups in total. The van der Waals surface area contributed by atoms with Crippen LogP contribution in [0.1, 0.15) is 31.2 Å². The SMILES string of the molecule is CSC1CC2CCC(C1)N2C(=O)COc1ccccc1C. The van der Waals surface area contributed by atoms with Crippen molar-refractivity contribution in [2.75, 3.05) is 12.9 Å². The number of piperidine rings is 1. The Bertz CT molecular complexity index is 505. The Morgan fingerprint density at radius 1 is 1.29 bits per heavy atom. The summed E-state index contributed by atoms with van der Waals surface area (Å²) in [7, 11) is 0. The topological polar surface area (TPSA) is 29.5 Å². The molecule has 2 heterocycles. The quantitative estimate of drug-likeness (QED) is 0.855. The van der Waals surface area contributed by atoms with Gasteiger partial charge in [0.25, 0.3) is 5.91 Å². The Morgan fingerprint density at radius 2 is 1.95 bits per heavy atom. The molecule has 2 fully saturated rings. The molecule has 0 aromatic heterocycles. The van der Waals surface area contributed by atoms with Gasteiger partial charge in [0.15, 0.2) is 6.61 Å². The maximum Gasteiger partial charge on any atom is 0.261 e. The minimum atomic E-state index is 0.158. The standard InChI is InChI=1S/C17H23NO2S/c1-12-5-3-4-6-16(12)20-11-17(19)18-13-7-8-14(18)10-15(9-13)21-2/h3-6,13-15H,7-11H2,1-2H3. The van der Waals surface area contributed by atoms with Crippen molar-refractivity contribution in [2.45, 2.75) is 49.9 Å². The van der Waals surface area contributed by atoms with Crippen molar-refractivity contribution in [2.24, 2.45) is 0 Å². The molecule has 2 atom stereocenters. The molecule has 0 saturated carbocycles. The summed E-state index contributed by atoms with van der Waals surface area (Å²) in [5.74, 6) is 0.975. The number of carbonyl (C=O) groups excluding carboxylic acids is 1. The number of fused-ring (bicyclic) bond motifs is 2. The van der Waals surface area contributed by atoms with E-state index in [-0.39, 0.29) is 12.5 Å². The molecule has 114 valence electrons. The monoisotopic (exact) mass is 305 g/mol. The third-order valence-corrected chi connectivity index (χ3v) is 5.81. The highest BCUT2D eigenvalue weighted by molar-refractivity contribution is 7.99. The van der Waals surface area contributed by atoms with E-state index in [0.29, 0.717) is 12.1 Å². The van der Waals surface area contributed by atoms with Gasteiger partial charge in [0.05, 0.1) is 0 Å². The normalized spacial score (nSPS) is 27.7. The van der Waals surface area contributed by atoms with Gasteiger partial charge in [0.1, 0.15) is 5.75 Å². The van der Waals surface area contributed by atoms with E-state index in [1.165, 1.54) is 0 Å². The zero-order valence-corrected chi connectivity index (χ0v) is 13.6. The molecule has 2 bridgehead atoms. The van der Waals surface area contributed by atoms with Gasteiger partial charge in [-0.15, -0.1) is 0 Å². The van der Waals surface area contributed by atoms with Crippen molar-refractivity contribution in [3.05, 3.63) is 29.8 Å². The minimum absolute atomic E-state index is 0.158. The number of aryl methyl sites for hydroxylation is 1. The lowest BCUT2D eigenvalue weighted by Gasteiger charge is -2.38.